The fraction of sp³-hybridized carbons (Fsp3) is 0.118. The lowest BCUT2D eigenvalue weighted by molar-refractivity contribution is 0.396. The number of rotatable bonds is 11. The van der Waals surface area contributed by atoms with E-state index in [9.17, 15) is 4.79 Å². The van der Waals surface area contributed by atoms with Crippen molar-refractivity contribution in [2.75, 3.05) is 0 Å². The smallest absolute Gasteiger partial charge is 0.259 e. The largest absolute Gasteiger partial charge is 0.303 e. The van der Waals surface area contributed by atoms with E-state index in [1.807, 2.05) is 114 Å². The van der Waals surface area contributed by atoms with Gasteiger partial charge in [-0.1, -0.05) is 184 Å². The molecule has 6 aromatic carbocycles. The van der Waals surface area contributed by atoms with Crippen molar-refractivity contribution in [1.29, 1.82) is 0 Å². The lowest BCUT2D eigenvalue weighted by Crippen LogP contribution is -2.39. The molecule has 3 aromatic heterocycles. The summed E-state index contributed by atoms with van der Waals surface area (Å²) in [6, 6.07) is 61.7. The number of aryl methyl sites for hydroxylation is 2. The molecule has 3 heterocycles. The summed E-state index contributed by atoms with van der Waals surface area (Å²) in [6.45, 7) is 4.65. The van der Waals surface area contributed by atoms with Gasteiger partial charge in [0.25, 0.3) is 5.56 Å². The second-order valence-corrected chi connectivity index (χ2v) is 14.5. The normalized spacial score (nSPS) is 11.6. The van der Waals surface area contributed by atoms with Crippen molar-refractivity contribution in [3.8, 4) is 33.6 Å². The van der Waals surface area contributed by atoms with Gasteiger partial charge in [-0.15, -0.1) is 15.0 Å². The first-order valence-electron chi connectivity index (χ1n) is 19.9. The third-order valence-electron chi connectivity index (χ3n) is 11.1. The van der Waals surface area contributed by atoms with Crippen LogP contribution in [0.4, 0.5) is 0 Å². The van der Waals surface area contributed by atoms with Crippen LogP contribution in [0, 0.1) is 0 Å². The van der Waals surface area contributed by atoms with Gasteiger partial charge >= 0.3 is 0 Å². The lowest BCUT2D eigenvalue weighted by Gasteiger charge is -2.34. The predicted molar refractivity (Wildman–Crippen MR) is 233 cm³/mol. The van der Waals surface area contributed by atoms with E-state index in [-0.39, 0.29) is 5.56 Å². The van der Waals surface area contributed by atoms with Crippen LogP contribution in [0.15, 0.2) is 187 Å². The second kappa shape index (κ2) is 15.7. The van der Waals surface area contributed by atoms with Crippen molar-refractivity contribution in [3.63, 3.8) is 0 Å². The SMILES string of the molecule is CCc1cc2c(cc(-c3ccccc3)c(=O)n2Cc2ccc(-c3ccccc3-c3nnn(C(c4ccccc4)(c4ccccc4)c4ccccc4)n3)cc2)c(CC)n1. The molecule has 7 nitrogen and oxygen atoms in total. The van der Waals surface area contributed by atoms with Crippen molar-refractivity contribution < 1.29 is 0 Å². The van der Waals surface area contributed by atoms with Gasteiger partial charge in [-0.05, 0) is 69.1 Å². The molecule has 0 bridgehead atoms. The molecule has 0 aliphatic rings. The molecule has 0 unspecified atom stereocenters. The van der Waals surface area contributed by atoms with Crippen molar-refractivity contribution in [2.24, 2.45) is 0 Å². The van der Waals surface area contributed by atoms with Crippen LogP contribution >= 0.6 is 0 Å². The first kappa shape index (κ1) is 36.4. The summed E-state index contributed by atoms with van der Waals surface area (Å²) in [6.07, 6.45) is 1.57. The van der Waals surface area contributed by atoms with Crippen LogP contribution < -0.4 is 5.56 Å². The minimum Gasteiger partial charge on any atom is -0.303 e. The fourth-order valence-corrected chi connectivity index (χ4v) is 8.17. The van der Waals surface area contributed by atoms with Crippen LogP contribution in [-0.4, -0.2) is 29.8 Å². The van der Waals surface area contributed by atoms with Gasteiger partial charge in [-0.25, -0.2) is 0 Å². The molecule has 9 rings (SSSR count). The average molecular weight is 755 g/mol. The monoisotopic (exact) mass is 754 g/mol. The van der Waals surface area contributed by atoms with E-state index in [2.05, 4.69) is 86.6 Å². The fourth-order valence-electron chi connectivity index (χ4n) is 8.17. The molecule has 282 valence electrons. The first-order chi connectivity index (χ1) is 28.6. The Bertz CT molecular complexity index is 2790. The third kappa shape index (κ3) is 6.50. The Morgan fingerprint density at radius 1 is 0.552 bits per heavy atom. The molecule has 0 saturated carbocycles. The number of pyridine rings is 2. The molecule has 58 heavy (non-hydrogen) atoms. The van der Waals surface area contributed by atoms with Gasteiger partial charge in [0.15, 0.2) is 5.54 Å². The van der Waals surface area contributed by atoms with Gasteiger partial charge in [0, 0.05) is 27.9 Å². The van der Waals surface area contributed by atoms with Gasteiger partial charge in [-0.3, -0.25) is 9.78 Å². The van der Waals surface area contributed by atoms with Gasteiger partial charge in [0.1, 0.15) is 0 Å². The van der Waals surface area contributed by atoms with E-state index in [0.717, 1.165) is 79.6 Å². The highest BCUT2D eigenvalue weighted by atomic mass is 16.1. The van der Waals surface area contributed by atoms with E-state index < -0.39 is 5.54 Å². The Hall–Kier alpha value is -7.25. The molecule has 0 aliphatic heterocycles. The molecular weight excluding hydrogens is 713 g/mol. The van der Waals surface area contributed by atoms with Crippen molar-refractivity contribution in [1.82, 2.24) is 29.8 Å². The second-order valence-electron chi connectivity index (χ2n) is 14.5. The van der Waals surface area contributed by atoms with E-state index in [1.54, 1.807) is 4.80 Å². The van der Waals surface area contributed by atoms with Crippen molar-refractivity contribution >= 4 is 10.9 Å². The molecule has 0 radical (unpaired) electrons. The zero-order valence-electron chi connectivity index (χ0n) is 32.5. The Kier molecular flexibility index (Phi) is 9.86. The highest BCUT2D eigenvalue weighted by Crippen LogP contribution is 2.40. The van der Waals surface area contributed by atoms with Crippen LogP contribution in [-0.2, 0) is 24.9 Å². The summed E-state index contributed by atoms with van der Waals surface area (Å²) >= 11 is 0. The van der Waals surface area contributed by atoms with Crippen molar-refractivity contribution in [3.05, 3.63) is 226 Å². The number of hydrogen-bond donors (Lipinski definition) is 0. The molecule has 9 aromatic rings. The molecule has 0 N–H and O–H groups in total. The van der Waals surface area contributed by atoms with Crippen LogP contribution in [0.3, 0.4) is 0 Å². The maximum absolute atomic E-state index is 14.3. The molecule has 0 aliphatic carbocycles. The zero-order valence-corrected chi connectivity index (χ0v) is 32.5. The molecular formula is C51H42N6O. The Labute approximate surface area is 337 Å². The molecule has 0 fully saturated rings. The number of tetrazole rings is 1. The summed E-state index contributed by atoms with van der Waals surface area (Å²) in [7, 11) is 0. The molecule has 0 amide bonds. The first-order valence-corrected chi connectivity index (χ1v) is 19.9. The molecule has 0 spiro atoms. The third-order valence-corrected chi connectivity index (χ3v) is 11.1. The van der Waals surface area contributed by atoms with Gasteiger partial charge in [0.2, 0.25) is 5.82 Å². The van der Waals surface area contributed by atoms with Gasteiger partial charge in [0.05, 0.1) is 12.1 Å². The Morgan fingerprint density at radius 2 is 1.09 bits per heavy atom. The molecule has 7 heteroatoms. The average Bonchev–Trinajstić information content (AvgIpc) is 3.79. The highest BCUT2D eigenvalue weighted by Gasteiger charge is 2.41. The number of fused-ring (bicyclic) bond motifs is 1. The minimum absolute atomic E-state index is 0.0184. The van der Waals surface area contributed by atoms with Crippen LogP contribution in [0.5, 0.6) is 0 Å². The summed E-state index contributed by atoms with van der Waals surface area (Å²) in [5.41, 5.74) is 10.5. The van der Waals surface area contributed by atoms with Crippen molar-refractivity contribution in [2.45, 2.75) is 38.8 Å². The number of benzene rings is 6. The van der Waals surface area contributed by atoms with E-state index in [0.29, 0.717) is 17.9 Å². The number of aromatic nitrogens is 6. The summed E-state index contributed by atoms with van der Waals surface area (Å²) in [5.74, 6) is 0.523. The Morgan fingerprint density at radius 3 is 1.66 bits per heavy atom. The lowest BCUT2D eigenvalue weighted by atomic mass is 9.77. The molecule has 0 saturated heterocycles. The van der Waals surface area contributed by atoms with E-state index in [4.69, 9.17) is 20.4 Å². The van der Waals surface area contributed by atoms with Gasteiger partial charge in [-0.2, -0.15) is 0 Å². The summed E-state index contributed by atoms with van der Waals surface area (Å²) in [4.78, 5) is 21.1. The summed E-state index contributed by atoms with van der Waals surface area (Å²) in [5, 5.41) is 15.7. The van der Waals surface area contributed by atoms with Crippen LogP contribution in [0.25, 0.3) is 44.5 Å². The van der Waals surface area contributed by atoms with E-state index in [1.165, 1.54) is 0 Å². The topological polar surface area (TPSA) is 78.5 Å². The standard InChI is InChI=1S/C51H42N6O/c1-3-42-33-48-46(47(4-2)52-42)34-45(37-19-9-5-10-20-37)50(58)56(48)35-36-29-31-38(32-30-36)43-27-17-18-28-44(43)49-53-55-57(54-49)51(39-21-11-6-12-22-39,40-23-13-7-14-24-40)41-25-15-8-16-26-41/h5-34H,3-4,35H2,1-2H3. The zero-order chi connectivity index (χ0) is 39.5. The minimum atomic E-state index is -0.877. The van der Waals surface area contributed by atoms with E-state index >= 15 is 0 Å². The van der Waals surface area contributed by atoms with Gasteiger partial charge < -0.3 is 4.57 Å². The quantitative estimate of drug-likeness (QED) is 0.123. The number of hydrogen-bond acceptors (Lipinski definition) is 5. The molecule has 0 atom stereocenters. The van der Waals surface area contributed by atoms with Crippen LogP contribution in [0.2, 0.25) is 0 Å². The number of nitrogens with zero attached hydrogens (tertiary/aromatic N) is 6. The maximum Gasteiger partial charge on any atom is 0.259 e. The Balaban J connectivity index is 1.12. The highest BCUT2D eigenvalue weighted by molar-refractivity contribution is 5.87. The van der Waals surface area contributed by atoms with Crippen LogP contribution in [0.1, 0.15) is 47.5 Å². The predicted octanol–water partition coefficient (Wildman–Crippen LogP) is 10.4. The maximum atomic E-state index is 14.3. The summed E-state index contributed by atoms with van der Waals surface area (Å²) < 4.78 is 1.92.